The highest BCUT2D eigenvalue weighted by atomic mass is 16.2. The lowest BCUT2D eigenvalue weighted by Crippen LogP contribution is -2.39. The summed E-state index contributed by atoms with van der Waals surface area (Å²) in [6, 6.07) is 7.18. The molecule has 0 bridgehead atoms. The summed E-state index contributed by atoms with van der Waals surface area (Å²) in [6.45, 7) is 2.90. The minimum Gasteiger partial charge on any atom is -0.352 e. The first-order chi connectivity index (χ1) is 11.1. The van der Waals surface area contributed by atoms with E-state index in [1.165, 1.54) is 12.8 Å². The van der Waals surface area contributed by atoms with E-state index in [0.717, 1.165) is 25.9 Å². The van der Waals surface area contributed by atoms with E-state index < -0.39 is 0 Å². The first kappa shape index (κ1) is 16.0. The highest BCUT2D eigenvalue weighted by molar-refractivity contribution is 5.98. The highest BCUT2D eigenvalue weighted by Gasteiger charge is 2.29. The van der Waals surface area contributed by atoms with Crippen LogP contribution in [0.2, 0.25) is 0 Å². The van der Waals surface area contributed by atoms with Crippen LogP contribution in [0.4, 0.5) is 5.69 Å². The molecule has 23 heavy (non-hydrogen) atoms. The zero-order chi connectivity index (χ0) is 16.2. The Morgan fingerprint density at radius 3 is 2.83 bits per heavy atom. The van der Waals surface area contributed by atoms with Crippen LogP contribution in [0.25, 0.3) is 0 Å². The number of hydrogen-bond acceptors (Lipinski definition) is 3. The molecule has 1 aromatic carbocycles. The fraction of sp³-hybridized carbons (Fsp3) is 0.556. The van der Waals surface area contributed by atoms with Crippen molar-refractivity contribution in [1.82, 2.24) is 10.2 Å². The van der Waals surface area contributed by atoms with E-state index in [1.807, 2.05) is 12.1 Å². The molecule has 124 valence electrons. The van der Waals surface area contributed by atoms with Crippen LogP contribution in [0.1, 0.15) is 36.0 Å². The predicted octanol–water partition coefficient (Wildman–Crippen LogP) is 2.11. The number of benzene rings is 1. The van der Waals surface area contributed by atoms with Gasteiger partial charge >= 0.3 is 0 Å². The summed E-state index contributed by atoms with van der Waals surface area (Å²) in [6.07, 6.45) is 4.31. The Hall–Kier alpha value is -1.88. The molecule has 5 heteroatoms. The van der Waals surface area contributed by atoms with Crippen molar-refractivity contribution in [2.45, 2.75) is 25.7 Å². The Morgan fingerprint density at radius 2 is 2.09 bits per heavy atom. The second kappa shape index (κ2) is 7.13. The van der Waals surface area contributed by atoms with Crippen molar-refractivity contribution in [2.75, 3.05) is 32.0 Å². The number of anilines is 1. The fourth-order valence-corrected chi connectivity index (χ4v) is 3.11. The van der Waals surface area contributed by atoms with E-state index in [4.69, 9.17) is 0 Å². The van der Waals surface area contributed by atoms with Crippen molar-refractivity contribution < 1.29 is 9.59 Å². The molecule has 5 nitrogen and oxygen atoms in total. The van der Waals surface area contributed by atoms with Gasteiger partial charge in [0.1, 0.15) is 0 Å². The largest absolute Gasteiger partial charge is 0.352 e. The third kappa shape index (κ3) is 4.55. The average Bonchev–Trinajstić information content (AvgIpc) is 3.38. The second-order valence-electron chi connectivity index (χ2n) is 6.82. The van der Waals surface area contributed by atoms with Gasteiger partial charge in [0, 0.05) is 30.3 Å². The van der Waals surface area contributed by atoms with Crippen LogP contribution >= 0.6 is 0 Å². The normalized spacial score (nSPS) is 21.7. The number of rotatable bonds is 5. The standard InChI is InChI=1S/C18H25N3O2/c1-21-9-3-4-13(12-21)11-19-17(22)15-5-2-6-16(10-15)20-18(23)14-7-8-14/h2,5-6,10,13-14H,3-4,7-9,11-12H2,1H3,(H,19,22)(H,20,23). The van der Waals surface area contributed by atoms with Gasteiger partial charge in [-0.3, -0.25) is 9.59 Å². The Labute approximate surface area is 137 Å². The maximum atomic E-state index is 12.3. The molecule has 1 atom stereocenters. The topological polar surface area (TPSA) is 61.4 Å². The van der Waals surface area contributed by atoms with Gasteiger partial charge in [-0.25, -0.2) is 0 Å². The molecule has 1 saturated heterocycles. The summed E-state index contributed by atoms with van der Waals surface area (Å²) in [7, 11) is 2.13. The minimum atomic E-state index is -0.0688. The second-order valence-corrected chi connectivity index (χ2v) is 6.82. The molecule has 2 fully saturated rings. The van der Waals surface area contributed by atoms with Crippen molar-refractivity contribution >= 4 is 17.5 Å². The lowest BCUT2D eigenvalue weighted by molar-refractivity contribution is -0.117. The van der Waals surface area contributed by atoms with Gasteiger partial charge in [-0.1, -0.05) is 6.07 Å². The van der Waals surface area contributed by atoms with Crippen LogP contribution in [0.15, 0.2) is 24.3 Å². The third-order valence-electron chi connectivity index (χ3n) is 4.61. The van der Waals surface area contributed by atoms with Gasteiger partial charge in [0.2, 0.25) is 5.91 Å². The van der Waals surface area contributed by atoms with Gasteiger partial charge in [0.05, 0.1) is 0 Å². The van der Waals surface area contributed by atoms with E-state index in [-0.39, 0.29) is 17.7 Å². The summed E-state index contributed by atoms with van der Waals surface area (Å²) in [5.41, 5.74) is 1.30. The average molecular weight is 315 g/mol. The molecule has 0 spiro atoms. The van der Waals surface area contributed by atoms with Crippen LogP contribution in [0.3, 0.4) is 0 Å². The highest BCUT2D eigenvalue weighted by Crippen LogP contribution is 2.30. The zero-order valence-electron chi connectivity index (χ0n) is 13.7. The number of amides is 2. The van der Waals surface area contributed by atoms with Crippen molar-refractivity contribution in [1.29, 1.82) is 0 Å². The molecule has 1 aromatic rings. The molecule has 0 aromatic heterocycles. The van der Waals surface area contributed by atoms with Gasteiger partial charge in [-0.15, -0.1) is 0 Å². The Bertz CT molecular complexity index is 583. The quantitative estimate of drug-likeness (QED) is 0.875. The maximum Gasteiger partial charge on any atom is 0.251 e. The molecule has 3 rings (SSSR count). The van der Waals surface area contributed by atoms with E-state index in [9.17, 15) is 9.59 Å². The SMILES string of the molecule is CN1CCCC(CNC(=O)c2cccc(NC(=O)C3CC3)c2)C1. The van der Waals surface area contributed by atoms with Crippen molar-refractivity contribution in [3.05, 3.63) is 29.8 Å². The van der Waals surface area contributed by atoms with Gasteiger partial charge in [0.15, 0.2) is 0 Å². The maximum absolute atomic E-state index is 12.3. The summed E-state index contributed by atoms with van der Waals surface area (Å²) in [5.74, 6) is 0.680. The van der Waals surface area contributed by atoms with Gasteiger partial charge in [0.25, 0.3) is 5.91 Å². The lowest BCUT2D eigenvalue weighted by Gasteiger charge is -2.29. The van der Waals surface area contributed by atoms with Crippen molar-refractivity contribution in [2.24, 2.45) is 11.8 Å². The molecule has 0 radical (unpaired) electrons. The number of nitrogens with zero attached hydrogens (tertiary/aromatic N) is 1. The first-order valence-electron chi connectivity index (χ1n) is 8.49. The number of nitrogens with one attached hydrogen (secondary N) is 2. The van der Waals surface area contributed by atoms with E-state index >= 15 is 0 Å². The van der Waals surface area contributed by atoms with Crippen LogP contribution in [0.5, 0.6) is 0 Å². The van der Waals surface area contributed by atoms with E-state index in [1.54, 1.807) is 12.1 Å². The Balaban J connectivity index is 1.53. The van der Waals surface area contributed by atoms with Gasteiger partial charge in [-0.2, -0.15) is 0 Å². The predicted molar refractivity (Wildman–Crippen MR) is 90.3 cm³/mol. The van der Waals surface area contributed by atoms with Crippen LogP contribution in [-0.2, 0) is 4.79 Å². The Morgan fingerprint density at radius 1 is 1.26 bits per heavy atom. The van der Waals surface area contributed by atoms with Crippen molar-refractivity contribution in [3.63, 3.8) is 0 Å². The fourth-order valence-electron chi connectivity index (χ4n) is 3.11. The summed E-state index contributed by atoms with van der Waals surface area (Å²) >= 11 is 0. The number of carbonyl (C=O) groups excluding carboxylic acids is 2. The number of piperidine rings is 1. The van der Waals surface area contributed by atoms with Gasteiger partial charge < -0.3 is 15.5 Å². The molecule has 2 N–H and O–H groups in total. The minimum absolute atomic E-state index is 0.0628. The third-order valence-corrected chi connectivity index (χ3v) is 4.61. The van der Waals surface area contributed by atoms with Crippen LogP contribution in [0, 0.1) is 11.8 Å². The monoisotopic (exact) mass is 315 g/mol. The molecule has 2 aliphatic rings. The van der Waals surface area contributed by atoms with Crippen LogP contribution in [-0.4, -0.2) is 43.4 Å². The molecule has 1 unspecified atom stereocenters. The lowest BCUT2D eigenvalue weighted by atomic mass is 9.98. The number of carbonyl (C=O) groups is 2. The molecule has 1 saturated carbocycles. The smallest absolute Gasteiger partial charge is 0.251 e. The van der Waals surface area contributed by atoms with E-state index in [2.05, 4.69) is 22.6 Å². The molecular formula is C18H25N3O2. The molecule has 2 amide bonds. The molecule has 1 heterocycles. The molecule has 1 aliphatic heterocycles. The number of hydrogen-bond donors (Lipinski definition) is 2. The number of likely N-dealkylation sites (tertiary alicyclic amines) is 1. The van der Waals surface area contributed by atoms with E-state index in [0.29, 0.717) is 23.7 Å². The Kier molecular flexibility index (Phi) is 4.96. The van der Waals surface area contributed by atoms with Crippen molar-refractivity contribution in [3.8, 4) is 0 Å². The zero-order valence-corrected chi connectivity index (χ0v) is 13.7. The molecule has 1 aliphatic carbocycles. The van der Waals surface area contributed by atoms with Crippen LogP contribution < -0.4 is 10.6 Å². The first-order valence-corrected chi connectivity index (χ1v) is 8.49. The summed E-state index contributed by atoms with van der Waals surface area (Å²) < 4.78 is 0. The molecular weight excluding hydrogens is 290 g/mol. The summed E-state index contributed by atoms with van der Waals surface area (Å²) in [4.78, 5) is 26.4. The van der Waals surface area contributed by atoms with Gasteiger partial charge in [-0.05, 0) is 63.4 Å². The summed E-state index contributed by atoms with van der Waals surface area (Å²) in [5, 5.41) is 5.91.